The van der Waals surface area contributed by atoms with Crippen LogP contribution in [0.5, 0.6) is 11.5 Å². The van der Waals surface area contributed by atoms with Crippen LogP contribution in [0.15, 0.2) is 42.5 Å². The number of carbonyl (C=O) groups excluding carboxylic acids is 3. The fourth-order valence-corrected chi connectivity index (χ4v) is 5.08. The number of nitrogens with one attached hydrogen (secondary N) is 2. The fourth-order valence-electron chi connectivity index (χ4n) is 5.08. The van der Waals surface area contributed by atoms with E-state index in [2.05, 4.69) is 5.32 Å². The number of fused-ring (bicyclic) bond motifs is 1. The Hall–Kier alpha value is -4.03. The first-order chi connectivity index (χ1) is 19.9. The summed E-state index contributed by atoms with van der Waals surface area (Å²) in [5, 5.41) is 11.4. The number of ether oxygens (including phenoxy) is 4. The number of amides is 2. The Morgan fingerprint density at radius 1 is 1.02 bits per heavy atom. The fraction of sp³-hybridized carbons (Fsp3) is 0.448. The molecule has 0 bridgehead atoms. The lowest BCUT2D eigenvalue weighted by Crippen LogP contribution is -2.53. The van der Waals surface area contributed by atoms with Crippen molar-refractivity contribution >= 4 is 41.7 Å². The molecule has 5 rings (SSSR count). The third-order valence-corrected chi connectivity index (χ3v) is 7.30. The molecule has 2 saturated heterocycles. The van der Waals surface area contributed by atoms with Gasteiger partial charge in [-0.3, -0.25) is 19.8 Å². The quantitative estimate of drug-likeness (QED) is 0.251. The van der Waals surface area contributed by atoms with Gasteiger partial charge in [-0.15, -0.1) is 12.4 Å². The summed E-state index contributed by atoms with van der Waals surface area (Å²) in [6, 6.07) is 12.2. The molecule has 42 heavy (non-hydrogen) atoms. The summed E-state index contributed by atoms with van der Waals surface area (Å²) in [7, 11) is 0. The van der Waals surface area contributed by atoms with Crippen molar-refractivity contribution in [2.45, 2.75) is 19.4 Å². The number of rotatable bonds is 9. The summed E-state index contributed by atoms with van der Waals surface area (Å²) in [5.41, 5.74) is 2.38. The summed E-state index contributed by atoms with van der Waals surface area (Å²) < 4.78 is 21.3. The van der Waals surface area contributed by atoms with Crippen molar-refractivity contribution in [3.8, 4) is 11.5 Å². The molecule has 226 valence electrons. The summed E-state index contributed by atoms with van der Waals surface area (Å²) in [4.78, 5) is 43.8. The number of halogens is 1. The van der Waals surface area contributed by atoms with E-state index in [-0.39, 0.29) is 57.1 Å². The van der Waals surface area contributed by atoms with Gasteiger partial charge in [0.25, 0.3) is 0 Å². The number of anilines is 1. The van der Waals surface area contributed by atoms with E-state index in [1.165, 1.54) is 4.90 Å². The van der Waals surface area contributed by atoms with Crippen LogP contribution < -0.4 is 19.7 Å². The Labute approximate surface area is 250 Å². The van der Waals surface area contributed by atoms with Crippen molar-refractivity contribution in [1.29, 1.82) is 5.41 Å². The maximum Gasteiger partial charge on any atom is 0.308 e. The molecule has 0 radical (unpaired) electrons. The predicted octanol–water partition coefficient (Wildman–Crippen LogP) is 1.95. The molecule has 2 fully saturated rings. The lowest BCUT2D eigenvalue weighted by molar-refractivity contribution is -0.144. The molecule has 3 aliphatic rings. The number of morpholine rings is 1. The van der Waals surface area contributed by atoms with E-state index < -0.39 is 12.0 Å². The molecule has 12 nitrogen and oxygen atoms in total. The molecule has 2 amide bonds. The van der Waals surface area contributed by atoms with Crippen LogP contribution in [0.1, 0.15) is 30.5 Å². The van der Waals surface area contributed by atoms with Gasteiger partial charge in [0.05, 0.1) is 45.4 Å². The number of carbonyl (C=O) groups is 3. The lowest BCUT2D eigenvalue weighted by Gasteiger charge is -2.35. The highest BCUT2D eigenvalue weighted by atomic mass is 35.5. The van der Waals surface area contributed by atoms with E-state index in [0.717, 1.165) is 11.3 Å². The molecular weight excluding hydrogens is 566 g/mol. The summed E-state index contributed by atoms with van der Waals surface area (Å²) in [6.45, 7) is 5.68. The highest BCUT2D eigenvalue weighted by Crippen LogP contribution is 2.35. The smallest absolute Gasteiger partial charge is 0.308 e. The van der Waals surface area contributed by atoms with Crippen LogP contribution in [0.25, 0.3) is 0 Å². The van der Waals surface area contributed by atoms with Crippen LogP contribution in [-0.2, 0) is 23.9 Å². The minimum atomic E-state index is -0.651. The number of amidine groups is 1. The number of benzene rings is 2. The molecule has 2 N–H and O–H groups in total. The van der Waals surface area contributed by atoms with Crippen LogP contribution >= 0.6 is 12.4 Å². The Balaban J connectivity index is 0.00000405. The zero-order valence-corrected chi connectivity index (χ0v) is 24.3. The van der Waals surface area contributed by atoms with Crippen LogP contribution in [-0.4, -0.2) is 99.3 Å². The molecule has 0 aliphatic carbocycles. The largest absolute Gasteiger partial charge is 0.466 e. The zero-order chi connectivity index (χ0) is 28.8. The third kappa shape index (κ3) is 7.42. The highest BCUT2D eigenvalue weighted by Gasteiger charge is 2.28. The first-order valence-electron chi connectivity index (χ1n) is 13.8. The van der Waals surface area contributed by atoms with E-state index in [1.807, 2.05) is 34.1 Å². The Bertz CT molecular complexity index is 1290. The maximum absolute atomic E-state index is 13.0. The van der Waals surface area contributed by atoms with Gasteiger partial charge in [0, 0.05) is 37.4 Å². The van der Waals surface area contributed by atoms with Crippen LogP contribution in [0.2, 0.25) is 0 Å². The minimum absolute atomic E-state index is 0. The molecule has 3 heterocycles. The molecule has 1 atom stereocenters. The Morgan fingerprint density at radius 3 is 2.48 bits per heavy atom. The van der Waals surface area contributed by atoms with Gasteiger partial charge in [-0.2, -0.15) is 0 Å². The summed E-state index contributed by atoms with van der Waals surface area (Å²) >= 11 is 0. The molecular formula is C29H36ClN5O7. The van der Waals surface area contributed by atoms with Crippen LogP contribution in [0, 0.1) is 5.41 Å². The standard InChI is InChI=1S/C29H35N5O7.ClH/c1-2-39-28(37)16-23(21-5-8-24-25(15-21)41-19-40-24)31-26(35)17-34-10-9-33(18-27(34)36)22-6-3-20(4-7-22)29(30)32-11-13-38-14-12-32;/h3-8,15,23,30H,2,9-14,16-19H2,1H3,(H,31,35);1H. The number of esters is 1. The zero-order valence-electron chi connectivity index (χ0n) is 23.5. The summed E-state index contributed by atoms with van der Waals surface area (Å²) in [5.74, 6) is 0.637. The second kappa shape index (κ2) is 14.2. The van der Waals surface area contributed by atoms with Crippen molar-refractivity contribution in [3.63, 3.8) is 0 Å². The van der Waals surface area contributed by atoms with Crippen molar-refractivity contribution in [3.05, 3.63) is 53.6 Å². The molecule has 3 aliphatic heterocycles. The molecule has 1 unspecified atom stereocenters. The van der Waals surface area contributed by atoms with Crippen LogP contribution in [0.3, 0.4) is 0 Å². The molecule has 0 spiro atoms. The second-order valence-corrected chi connectivity index (χ2v) is 9.97. The second-order valence-electron chi connectivity index (χ2n) is 9.97. The van der Waals surface area contributed by atoms with Gasteiger partial charge in [0.1, 0.15) is 5.84 Å². The SMILES string of the molecule is CCOC(=O)CC(NC(=O)CN1CCN(c2ccc(C(=N)N3CCOCC3)cc2)CC1=O)c1ccc2c(c1)OCO2.Cl. The Morgan fingerprint density at radius 2 is 1.76 bits per heavy atom. The number of piperazine rings is 1. The van der Waals surface area contributed by atoms with Gasteiger partial charge in [-0.25, -0.2) is 0 Å². The van der Waals surface area contributed by atoms with Gasteiger partial charge >= 0.3 is 5.97 Å². The van der Waals surface area contributed by atoms with Crippen LogP contribution in [0.4, 0.5) is 5.69 Å². The number of hydrogen-bond acceptors (Lipinski definition) is 9. The van der Waals surface area contributed by atoms with Gasteiger partial charge in [-0.1, -0.05) is 6.07 Å². The lowest BCUT2D eigenvalue weighted by atomic mass is 10.0. The van der Waals surface area contributed by atoms with E-state index in [4.69, 9.17) is 24.4 Å². The average Bonchev–Trinajstić information content (AvgIpc) is 3.46. The Kier molecular flexibility index (Phi) is 10.5. The number of nitrogens with zero attached hydrogens (tertiary/aromatic N) is 3. The summed E-state index contributed by atoms with van der Waals surface area (Å²) in [6.07, 6.45) is -0.0556. The topological polar surface area (TPSA) is 134 Å². The van der Waals surface area contributed by atoms with Gasteiger partial charge in [-0.05, 0) is 48.9 Å². The molecule has 13 heteroatoms. The molecule has 2 aromatic rings. The van der Waals surface area contributed by atoms with Gasteiger partial charge < -0.3 is 39.0 Å². The van der Waals surface area contributed by atoms with Crippen molar-refractivity contribution < 1.29 is 33.3 Å². The first kappa shape index (κ1) is 30.9. The number of hydrogen-bond donors (Lipinski definition) is 2. The normalized spacial score (nSPS) is 16.9. The maximum atomic E-state index is 13.0. The monoisotopic (exact) mass is 601 g/mol. The average molecular weight is 602 g/mol. The van der Waals surface area contributed by atoms with Gasteiger partial charge in [0.15, 0.2) is 11.5 Å². The van der Waals surface area contributed by atoms with E-state index in [0.29, 0.717) is 62.3 Å². The van der Waals surface area contributed by atoms with E-state index in [9.17, 15) is 14.4 Å². The molecule has 0 aromatic heterocycles. The van der Waals surface area contributed by atoms with E-state index in [1.54, 1.807) is 25.1 Å². The van der Waals surface area contributed by atoms with E-state index >= 15 is 0 Å². The molecule has 2 aromatic carbocycles. The van der Waals surface area contributed by atoms with Crippen molar-refractivity contribution in [2.75, 3.05) is 70.8 Å². The third-order valence-electron chi connectivity index (χ3n) is 7.30. The minimum Gasteiger partial charge on any atom is -0.466 e. The first-order valence-corrected chi connectivity index (χ1v) is 13.8. The predicted molar refractivity (Wildman–Crippen MR) is 156 cm³/mol. The van der Waals surface area contributed by atoms with Crippen molar-refractivity contribution in [2.24, 2.45) is 0 Å². The van der Waals surface area contributed by atoms with Crippen molar-refractivity contribution in [1.82, 2.24) is 15.1 Å². The highest BCUT2D eigenvalue weighted by molar-refractivity contribution is 5.97. The van der Waals surface area contributed by atoms with Gasteiger partial charge in [0.2, 0.25) is 18.6 Å². The molecule has 0 saturated carbocycles.